The third kappa shape index (κ3) is 4.13. The summed E-state index contributed by atoms with van der Waals surface area (Å²) >= 11 is 0. The summed E-state index contributed by atoms with van der Waals surface area (Å²) in [4.78, 5) is 3.60. The van der Waals surface area contributed by atoms with Gasteiger partial charge in [0.1, 0.15) is 92.1 Å². The third-order valence-electron chi connectivity index (χ3n) is 12.0. The number of hydrogen-bond acceptors (Lipinski definition) is 1. The smallest absolute Gasteiger partial charge is 0.132 e. The van der Waals surface area contributed by atoms with Crippen LogP contribution in [0.5, 0.6) is 5.75 Å². The summed E-state index contributed by atoms with van der Waals surface area (Å²) in [7, 11) is 72.3. The molecular weight excluding hydrogens is 681 g/mol. The molecule has 236 valence electrons. The summed E-state index contributed by atoms with van der Waals surface area (Å²) in [5, 5.41) is 19.5. The van der Waals surface area contributed by atoms with E-state index < -0.39 is 0 Å². The lowest BCUT2D eigenvalue weighted by Gasteiger charge is -2.25. The van der Waals surface area contributed by atoms with E-state index >= 15 is 0 Å². The van der Waals surface area contributed by atoms with Gasteiger partial charge in [0.2, 0.25) is 0 Å². The Labute approximate surface area is 341 Å². The van der Waals surface area contributed by atoms with Crippen molar-refractivity contribution in [3.8, 4) is 22.6 Å². The molecule has 0 aliphatic rings. The first kappa shape index (κ1) is 34.7. The average Bonchev–Trinajstić information content (AvgIpc) is 3.96. The SMILES string of the molecule is [B]c1c([B])c([B])c(-n2c3c([B])c([B])c([B])c([B])c3c3c(O)c(-c4ccc5[nH]c6ccc7c(c8cccc9c%10ccccc%10n7c98)c6c5c4)c([B])c([B])c32)c([B])c1[B]. The summed E-state index contributed by atoms with van der Waals surface area (Å²) in [6.45, 7) is 0. The lowest BCUT2D eigenvalue weighted by Crippen LogP contribution is -2.56. The van der Waals surface area contributed by atoms with Gasteiger partial charge in [-0.15, -0.1) is 27.3 Å². The zero-order chi connectivity index (χ0) is 39.7. The Hall–Kier alpha value is -5.55. The summed E-state index contributed by atoms with van der Waals surface area (Å²) in [5.41, 5.74) is 6.59. The molecule has 11 rings (SSSR count). The Morgan fingerprint density at radius 1 is 0.421 bits per heavy atom. The van der Waals surface area contributed by atoms with E-state index in [0.717, 1.165) is 49.1 Å². The maximum Gasteiger partial charge on any atom is 0.132 e. The zero-order valence-corrected chi connectivity index (χ0v) is 30.1. The number of aromatic amines is 1. The predicted octanol–water partition coefficient (Wildman–Crippen LogP) is -2.33. The van der Waals surface area contributed by atoms with Crippen LogP contribution in [0.2, 0.25) is 0 Å². The first-order valence-electron chi connectivity index (χ1n) is 18.0. The van der Waals surface area contributed by atoms with E-state index in [2.05, 4.69) is 64.0 Å². The van der Waals surface area contributed by atoms with E-state index in [1.165, 1.54) is 15.3 Å². The zero-order valence-electron chi connectivity index (χ0n) is 30.1. The van der Waals surface area contributed by atoms with Crippen LogP contribution >= 0.6 is 0 Å². The van der Waals surface area contributed by atoms with Gasteiger partial charge in [0.15, 0.2) is 0 Å². The molecule has 57 heavy (non-hydrogen) atoms. The van der Waals surface area contributed by atoms with Crippen LogP contribution in [0.25, 0.3) is 98.5 Å². The number of phenolic OH excluding ortho intramolecular Hbond substituents is 1. The summed E-state index contributed by atoms with van der Waals surface area (Å²) in [6, 6.07) is 24.9. The predicted molar refractivity (Wildman–Crippen MR) is 251 cm³/mol. The van der Waals surface area contributed by atoms with Crippen molar-refractivity contribution >= 4 is 228 Å². The van der Waals surface area contributed by atoms with Crippen molar-refractivity contribution in [2.75, 3.05) is 0 Å². The number of aromatic nitrogens is 3. The molecule has 4 heterocycles. The lowest BCUT2D eigenvalue weighted by atomic mass is 9.61. The van der Waals surface area contributed by atoms with Crippen LogP contribution in [-0.4, -0.2) is 105 Å². The Morgan fingerprint density at radius 2 is 1.02 bits per heavy atom. The molecule has 4 nitrogen and oxygen atoms in total. The van der Waals surface area contributed by atoms with Crippen LogP contribution in [0.3, 0.4) is 0 Å². The summed E-state index contributed by atoms with van der Waals surface area (Å²) in [5.74, 6) is -0.249. The number of aromatic hydroxyl groups is 1. The molecule has 0 aliphatic heterocycles. The highest BCUT2D eigenvalue weighted by Crippen LogP contribution is 2.45. The number of phenols is 1. The largest absolute Gasteiger partial charge is 0.507 e. The van der Waals surface area contributed by atoms with Crippen molar-refractivity contribution < 1.29 is 5.11 Å². The number of rotatable bonds is 2. The van der Waals surface area contributed by atoms with E-state index in [4.69, 9.17) is 86.3 Å². The van der Waals surface area contributed by atoms with Crippen LogP contribution < -0.4 is 60.1 Å². The lowest BCUT2D eigenvalue weighted by molar-refractivity contribution is 0.484. The number of para-hydroxylation sites is 2. The van der Waals surface area contributed by atoms with Crippen molar-refractivity contribution in [3.63, 3.8) is 0 Å². The van der Waals surface area contributed by atoms with Gasteiger partial charge in [0, 0.05) is 70.9 Å². The van der Waals surface area contributed by atoms with Gasteiger partial charge in [-0.05, 0) is 35.9 Å². The van der Waals surface area contributed by atoms with E-state index in [0.29, 0.717) is 5.56 Å². The third-order valence-corrected chi connectivity index (χ3v) is 12.0. The number of H-pyrrole nitrogens is 1. The number of nitrogens with zero attached hydrogens (tertiary/aromatic N) is 2. The van der Waals surface area contributed by atoms with Crippen LogP contribution in [0, 0.1) is 0 Å². The molecule has 22 radical (unpaired) electrons. The average molecular weight is 696 g/mol. The molecule has 11 aromatic rings. The first-order valence-corrected chi connectivity index (χ1v) is 18.0. The van der Waals surface area contributed by atoms with Gasteiger partial charge in [-0.2, -0.15) is 0 Å². The Bertz CT molecular complexity index is 3650. The molecule has 0 saturated heterocycles. The molecule has 7 aromatic carbocycles. The summed E-state index contributed by atoms with van der Waals surface area (Å²) in [6.07, 6.45) is 0. The van der Waals surface area contributed by atoms with Crippen molar-refractivity contribution in [1.82, 2.24) is 14.0 Å². The molecule has 0 amide bonds. The molecule has 4 aromatic heterocycles. The van der Waals surface area contributed by atoms with Gasteiger partial charge in [-0.3, -0.25) is 0 Å². The van der Waals surface area contributed by atoms with Gasteiger partial charge >= 0.3 is 0 Å². The van der Waals surface area contributed by atoms with E-state index in [1.54, 1.807) is 0 Å². The second kappa shape index (κ2) is 11.5. The molecule has 0 saturated carbocycles. The topological polar surface area (TPSA) is 45.4 Å². The van der Waals surface area contributed by atoms with Crippen LogP contribution in [0.4, 0.5) is 0 Å². The Kier molecular flexibility index (Phi) is 7.02. The second-order valence-corrected chi connectivity index (χ2v) is 14.7. The molecule has 0 aliphatic carbocycles. The Morgan fingerprint density at radius 3 is 1.77 bits per heavy atom. The minimum atomic E-state index is -0.249. The number of fused-ring (bicyclic) bond motifs is 13. The Balaban J connectivity index is 1.27. The monoisotopic (exact) mass is 697 g/mol. The van der Waals surface area contributed by atoms with Crippen LogP contribution in [0.15, 0.2) is 72.8 Å². The number of hydrogen-bond donors (Lipinski definition) is 2. The normalized spacial score (nSPS) is 12.4. The minimum absolute atomic E-state index is 0.000292. The van der Waals surface area contributed by atoms with Gasteiger partial charge < -0.3 is 19.1 Å². The maximum absolute atomic E-state index is 12.6. The quantitative estimate of drug-likeness (QED) is 0.196. The van der Waals surface area contributed by atoms with E-state index in [9.17, 15) is 5.11 Å². The second-order valence-electron chi connectivity index (χ2n) is 14.7. The molecule has 2 N–H and O–H groups in total. The van der Waals surface area contributed by atoms with Gasteiger partial charge in [0.25, 0.3) is 0 Å². The fourth-order valence-electron chi connectivity index (χ4n) is 9.30. The standard InChI is InChI=1S/C42H14B11N3O/c43-27-22(42(57)26-25-28(44)29(45)31(47)35(51)39(25)56(40(26)34(27)50)41-36(52)32(48)30(46)33(49)37(41)53)13-8-9-18-17(12-13)23-19(54-18)10-11-21-24(23)16-6-3-5-15-14-4-1-2-7-20(14)55(21)38(15)16/h1-12,54,57H. The van der Waals surface area contributed by atoms with Crippen molar-refractivity contribution in [2.24, 2.45) is 0 Å². The number of nitrogens with one attached hydrogen (secondary N) is 1. The van der Waals surface area contributed by atoms with Crippen LogP contribution in [0.1, 0.15) is 0 Å². The van der Waals surface area contributed by atoms with Gasteiger partial charge in [-0.1, -0.05) is 75.2 Å². The molecule has 0 bridgehead atoms. The maximum atomic E-state index is 12.6. The van der Waals surface area contributed by atoms with E-state index in [1.807, 2.05) is 18.2 Å². The molecule has 0 spiro atoms. The number of benzene rings is 7. The first-order chi connectivity index (χ1) is 27.3. The highest BCUT2D eigenvalue weighted by atomic mass is 16.3. The summed E-state index contributed by atoms with van der Waals surface area (Å²) < 4.78 is 3.84. The molecule has 0 unspecified atom stereocenters. The molecule has 0 atom stereocenters. The van der Waals surface area contributed by atoms with Crippen molar-refractivity contribution in [3.05, 3.63) is 72.8 Å². The van der Waals surface area contributed by atoms with Crippen molar-refractivity contribution in [2.45, 2.75) is 0 Å². The van der Waals surface area contributed by atoms with E-state index in [-0.39, 0.29) is 98.9 Å². The molecule has 0 fully saturated rings. The highest BCUT2D eigenvalue weighted by Gasteiger charge is 2.28. The fourth-order valence-corrected chi connectivity index (χ4v) is 9.30. The molecule has 15 heteroatoms. The molecular formula is C42H14B11N3O. The highest BCUT2D eigenvalue weighted by molar-refractivity contribution is 6.70. The van der Waals surface area contributed by atoms with Gasteiger partial charge in [0.05, 0.1) is 22.1 Å². The minimum Gasteiger partial charge on any atom is -0.507 e. The van der Waals surface area contributed by atoms with Crippen molar-refractivity contribution in [1.29, 1.82) is 0 Å². The van der Waals surface area contributed by atoms with Gasteiger partial charge in [-0.25, -0.2) is 0 Å². The van der Waals surface area contributed by atoms with Crippen LogP contribution in [-0.2, 0) is 0 Å². The fraction of sp³-hybridized carbons (Fsp3) is 0.